The lowest BCUT2D eigenvalue weighted by molar-refractivity contribution is -0.112. The number of anilines is 1. The molecule has 0 N–H and O–H groups in total. The summed E-state index contributed by atoms with van der Waals surface area (Å²) >= 11 is 0. The van der Waals surface area contributed by atoms with Gasteiger partial charge in [0.1, 0.15) is 17.3 Å². The molecule has 0 atom stereocenters. The predicted molar refractivity (Wildman–Crippen MR) is 125 cm³/mol. The maximum Gasteiger partial charge on any atom is 0.278 e. The van der Waals surface area contributed by atoms with Crippen LogP contribution in [-0.2, 0) is 4.79 Å². The van der Waals surface area contributed by atoms with Crippen molar-refractivity contribution < 1.29 is 13.9 Å². The van der Waals surface area contributed by atoms with Crippen LogP contribution in [0.5, 0.6) is 5.75 Å². The van der Waals surface area contributed by atoms with Gasteiger partial charge >= 0.3 is 0 Å². The van der Waals surface area contributed by atoms with Crippen molar-refractivity contribution in [2.75, 3.05) is 31.6 Å². The molecule has 0 aromatic heterocycles. The fourth-order valence-corrected chi connectivity index (χ4v) is 5.11. The highest BCUT2D eigenvalue weighted by atomic mass is 19.1. The summed E-state index contributed by atoms with van der Waals surface area (Å²) in [6.45, 7) is 6.95. The lowest BCUT2D eigenvalue weighted by Crippen LogP contribution is -2.48. The third-order valence-corrected chi connectivity index (χ3v) is 6.55. The van der Waals surface area contributed by atoms with Crippen molar-refractivity contribution in [2.24, 2.45) is 4.99 Å². The van der Waals surface area contributed by atoms with Gasteiger partial charge in [-0.3, -0.25) is 14.6 Å². The molecule has 0 aliphatic carbocycles. The van der Waals surface area contributed by atoms with Crippen LogP contribution in [0.15, 0.2) is 47.5 Å². The molecule has 5 nitrogen and oxygen atoms in total. The Morgan fingerprint density at radius 3 is 2.59 bits per heavy atom. The van der Waals surface area contributed by atoms with Crippen LogP contribution in [0.2, 0.25) is 0 Å². The van der Waals surface area contributed by atoms with E-state index in [2.05, 4.69) is 16.0 Å². The SMILES string of the molecule is COc1cccc(N=C2C(=O)N3c4c(cc(F)cc42)C(CN2CCCCC2)=CC3(C)C)c1. The minimum absolute atomic E-state index is 0.201. The van der Waals surface area contributed by atoms with E-state index >= 15 is 0 Å². The topological polar surface area (TPSA) is 45.1 Å². The predicted octanol–water partition coefficient (Wildman–Crippen LogP) is 4.96. The molecule has 0 spiro atoms. The molecule has 0 saturated carbocycles. The fraction of sp³-hybridized carbons (Fsp3) is 0.385. The third-order valence-electron chi connectivity index (χ3n) is 6.55. The van der Waals surface area contributed by atoms with Gasteiger partial charge in [-0.1, -0.05) is 18.6 Å². The first kappa shape index (κ1) is 20.9. The highest BCUT2D eigenvalue weighted by molar-refractivity contribution is 6.55. The van der Waals surface area contributed by atoms with E-state index in [1.54, 1.807) is 24.1 Å². The Labute approximate surface area is 188 Å². The molecule has 3 aliphatic rings. The van der Waals surface area contributed by atoms with Gasteiger partial charge in [0.2, 0.25) is 0 Å². The van der Waals surface area contributed by atoms with Crippen molar-refractivity contribution in [1.82, 2.24) is 4.90 Å². The number of halogens is 1. The third kappa shape index (κ3) is 3.52. The molecular weight excluding hydrogens is 405 g/mol. The van der Waals surface area contributed by atoms with Gasteiger partial charge in [-0.05, 0) is 69.6 Å². The highest BCUT2D eigenvalue weighted by Gasteiger charge is 2.46. The average Bonchev–Trinajstić information content (AvgIpc) is 3.05. The zero-order valence-electron chi connectivity index (χ0n) is 18.8. The van der Waals surface area contributed by atoms with E-state index in [1.165, 1.54) is 25.3 Å². The zero-order chi connectivity index (χ0) is 22.5. The molecule has 2 aromatic carbocycles. The number of nitrogens with zero attached hydrogens (tertiary/aromatic N) is 3. The summed E-state index contributed by atoms with van der Waals surface area (Å²) in [5.41, 5.74) is 3.56. The number of amides is 1. The van der Waals surface area contributed by atoms with Gasteiger partial charge in [0.15, 0.2) is 0 Å². The number of carbonyl (C=O) groups excluding carboxylic acids is 1. The molecule has 1 amide bonds. The second-order valence-corrected chi connectivity index (χ2v) is 9.31. The summed E-state index contributed by atoms with van der Waals surface area (Å²) in [5.74, 6) is 0.105. The van der Waals surface area contributed by atoms with Gasteiger partial charge in [0, 0.05) is 23.7 Å². The van der Waals surface area contributed by atoms with E-state index in [4.69, 9.17) is 4.74 Å². The summed E-state index contributed by atoms with van der Waals surface area (Å²) in [5, 5.41) is 0. The van der Waals surface area contributed by atoms with Gasteiger partial charge in [-0.2, -0.15) is 0 Å². The van der Waals surface area contributed by atoms with Crippen LogP contribution >= 0.6 is 0 Å². The number of hydrogen-bond donors (Lipinski definition) is 0. The van der Waals surface area contributed by atoms with E-state index < -0.39 is 5.54 Å². The zero-order valence-corrected chi connectivity index (χ0v) is 18.8. The minimum Gasteiger partial charge on any atom is -0.497 e. The maximum atomic E-state index is 14.8. The van der Waals surface area contributed by atoms with E-state index in [-0.39, 0.29) is 17.4 Å². The van der Waals surface area contributed by atoms with Crippen LogP contribution in [0.1, 0.15) is 44.2 Å². The highest BCUT2D eigenvalue weighted by Crippen LogP contribution is 2.46. The molecule has 3 aliphatic heterocycles. The normalized spacial score (nSPS) is 21.0. The van der Waals surface area contributed by atoms with E-state index in [0.29, 0.717) is 17.0 Å². The minimum atomic E-state index is -0.534. The Morgan fingerprint density at radius 2 is 1.84 bits per heavy atom. The molecule has 5 rings (SSSR count). The number of aliphatic imine (C=N–C) groups is 1. The first-order valence-electron chi connectivity index (χ1n) is 11.2. The number of carbonyl (C=O) groups is 1. The van der Waals surface area contributed by atoms with Gasteiger partial charge in [0.05, 0.1) is 24.0 Å². The Bertz CT molecular complexity index is 1150. The van der Waals surface area contributed by atoms with Gasteiger partial charge in [-0.15, -0.1) is 0 Å². The van der Waals surface area contributed by atoms with Crippen molar-refractivity contribution in [3.63, 3.8) is 0 Å². The molecule has 2 aromatic rings. The first-order chi connectivity index (χ1) is 15.4. The Balaban J connectivity index is 1.63. The number of hydrogen-bond acceptors (Lipinski definition) is 4. The first-order valence-corrected chi connectivity index (χ1v) is 11.2. The summed E-state index contributed by atoms with van der Waals surface area (Å²) in [6.07, 6.45) is 5.78. The van der Waals surface area contributed by atoms with Crippen LogP contribution in [-0.4, -0.2) is 48.8 Å². The summed E-state index contributed by atoms with van der Waals surface area (Å²) in [4.78, 5) is 22.4. The number of ether oxygens (including phenoxy) is 1. The second-order valence-electron chi connectivity index (χ2n) is 9.31. The summed E-state index contributed by atoms with van der Waals surface area (Å²) in [7, 11) is 1.59. The number of piperidine rings is 1. The molecule has 1 saturated heterocycles. The molecule has 32 heavy (non-hydrogen) atoms. The Kier molecular flexibility index (Phi) is 5.13. The Morgan fingerprint density at radius 1 is 1.09 bits per heavy atom. The number of rotatable bonds is 4. The molecule has 0 radical (unpaired) electrons. The number of methoxy groups -OCH3 is 1. The van der Waals surface area contributed by atoms with Crippen molar-refractivity contribution in [1.29, 1.82) is 0 Å². The van der Waals surface area contributed by atoms with Crippen molar-refractivity contribution in [3.05, 3.63) is 59.4 Å². The van der Waals surface area contributed by atoms with Crippen molar-refractivity contribution in [2.45, 2.75) is 38.6 Å². The largest absolute Gasteiger partial charge is 0.497 e. The van der Waals surface area contributed by atoms with Gasteiger partial charge < -0.3 is 4.74 Å². The fourth-order valence-electron chi connectivity index (χ4n) is 5.11. The number of benzene rings is 2. The van der Waals surface area contributed by atoms with Crippen molar-refractivity contribution >= 4 is 28.6 Å². The monoisotopic (exact) mass is 433 g/mol. The van der Waals surface area contributed by atoms with Crippen LogP contribution in [0.25, 0.3) is 5.57 Å². The molecule has 0 bridgehead atoms. The lowest BCUT2D eigenvalue weighted by Gasteiger charge is -2.40. The van der Waals surface area contributed by atoms with E-state index in [9.17, 15) is 9.18 Å². The molecule has 1 fully saturated rings. The second kappa shape index (κ2) is 7.85. The smallest absolute Gasteiger partial charge is 0.278 e. The van der Waals surface area contributed by atoms with Crippen LogP contribution in [0, 0.1) is 5.82 Å². The van der Waals surface area contributed by atoms with Crippen LogP contribution < -0.4 is 9.64 Å². The molecule has 166 valence electrons. The lowest BCUT2D eigenvalue weighted by atomic mass is 9.87. The summed E-state index contributed by atoms with van der Waals surface area (Å²) < 4.78 is 20.1. The van der Waals surface area contributed by atoms with Gasteiger partial charge in [-0.25, -0.2) is 9.38 Å². The number of likely N-dealkylation sites (tertiary alicyclic amines) is 1. The maximum absolute atomic E-state index is 14.8. The van der Waals surface area contributed by atoms with Crippen LogP contribution in [0.3, 0.4) is 0 Å². The molecule has 3 heterocycles. The van der Waals surface area contributed by atoms with Crippen LogP contribution in [0.4, 0.5) is 15.8 Å². The standard InChI is InChI=1S/C26H28FN3O2/c1-26(2)15-17(16-29-10-5-4-6-11-29)21-12-18(27)13-22-23(25(31)30(26)24(21)22)28-19-8-7-9-20(14-19)32-3/h7-9,12-15H,4-6,10-11,16H2,1-3H3. The Hall–Kier alpha value is -2.99. The quantitative estimate of drug-likeness (QED) is 0.684. The molecular formula is C26H28FN3O2. The summed E-state index contributed by atoms with van der Waals surface area (Å²) in [6, 6.07) is 10.2. The van der Waals surface area contributed by atoms with Gasteiger partial charge in [0.25, 0.3) is 5.91 Å². The van der Waals surface area contributed by atoms with Crippen molar-refractivity contribution in [3.8, 4) is 5.75 Å². The van der Waals surface area contributed by atoms with E-state index in [1.807, 2.05) is 32.0 Å². The average molecular weight is 434 g/mol. The molecule has 6 heteroatoms. The van der Waals surface area contributed by atoms with E-state index in [0.717, 1.165) is 36.5 Å². The molecule has 0 unspecified atom stereocenters.